The monoisotopic (exact) mass is 247 g/mol. The molecule has 1 aliphatic heterocycles. The quantitative estimate of drug-likeness (QED) is 0.713. The van der Waals surface area contributed by atoms with Crippen LogP contribution in [0.5, 0.6) is 5.75 Å². The lowest BCUT2D eigenvalue weighted by molar-refractivity contribution is 0.278. The summed E-state index contributed by atoms with van der Waals surface area (Å²) in [6.45, 7) is 8.92. The van der Waals surface area contributed by atoms with Crippen LogP contribution in [0.1, 0.15) is 36.8 Å². The SMILES string of the molecule is Cc1ccc(C)c(OCCCCN2CCCC2)c1. The molecule has 1 aromatic rings. The van der Waals surface area contributed by atoms with E-state index in [0.29, 0.717) is 0 Å². The molecule has 2 rings (SSSR count). The van der Waals surface area contributed by atoms with Crippen molar-refractivity contribution in [3.63, 3.8) is 0 Å². The predicted molar refractivity (Wildman–Crippen MR) is 76.3 cm³/mol. The van der Waals surface area contributed by atoms with Crippen molar-refractivity contribution in [2.45, 2.75) is 39.5 Å². The van der Waals surface area contributed by atoms with E-state index in [1.54, 1.807) is 0 Å². The molecular formula is C16H25NO. The largest absolute Gasteiger partial charge is 0.493 e. The number of unbranched alkanes of at least 4 members (excludes halogenated alkanes) is 1. The van der Waals surface area contributed by atoms with Gasteiger partial charge in [0.05, 0.1) is 6.61 Å². The summed E-state index contributed by atoms with van der Waals surface area (Å²) in [6, 6.07) is 6.40. The van der Waals surface area contributed by atoms with E-state index in [9.17, 15) is 0 Å². The number of ether oxygens (including phenoxy) is 1. The molecule has 0 saturated carbocycles. The molecule has 1 aromatic carbocycles. The van der Waals surface area contributed by atoms with Gasteiger partial charge in [-0.3, -0.25) is 0 Å². The van der Waals surface area contributed by atoms with Crippen LogP contribution in [-0.2, 0) is 0 Å². The lowest BCUT2D eigenvalue weighted by Crippen LogP contribution is -2.20. The smallest absolute Gasteiger partial charge is 0.122 e. The lowest BCUT2D eigenvalue weighted by atomic mass is 10.1. The topological polar surface area (TPSA) is 12.5 Å². The predicted octanol–water partition coefficient (Wildman–Crippen LogP) is 3.56. The van der Waals surface area contributed by atoms with Crippen molar-refractivity contribution in [2.24, 2.45) is 0 Å². The first kappa shape index (κ1) is 13.4. The van der Waals surface area contributed by atoms with Crippen LogP contribution >= 0.6 is 0 Å². The van der Waals surface area contributed by atoms with Gasteiger partial charge in [-0.15, -0.1) is 0 Å². The summed E-state index contributed by atoms with van der Waals surface area (Å²) in [4.78, 5) is 2.57. The van der Waals surface area contributed by atoms with Crippen molar-refractivity contribution in [1.82, 2.24) is 4.90 Å². The summed E-state index contributed by atoms with van der Waals surface area (Å²) in [6.07, 6.45) is 5.19. The molecule has 2 heteroatoms. The Kier molecular flexibility index (Phi) is 5.06. The highest BCUT2D eigenvalue weighted by atomic mass is 16.5. The Morgan fingerprint density at radius 1 is 1.11 bits per heavy atom. The molecule has 0 unspecified atom stereocenters. The standard InChI is InChI=1S/C16H25NO/c1-14-7-8-15(2)16(13-14)18-12-6-5-11-17-9-3-4-10-17/h7-8,13H,3-6,9-12H2,1-2H3. The third kappa shape index (κ3) is 4.02. The van der Waals surface area contributed by atoms with Crippen LogP contribution in [0.2, 0.25) is 0 Å². The summed E-state index contributed by atoms with van der Waals surface area (Å²) in [7, 11) is 0. The number of likely N-dealkylation sites (tertiary alicyclic amines) is 1. The highest BCUT2D eigenvalue weighted by Gasteiger charge is 2.10. The van der Waals surface area contributed by atoms with Crippen LogP contribution in [0.3, 0.4) is 0 Å². The van der Waals surface area contributed by atoms with Crippen LogP contribution < -0.4 is 4.74 Å². The molecule has 0 bridgehead atoms. The normalized spacial score (nSPS) is 16.1. The summed E-state index contributed by atoms with van der Waals surface area (Å²) < 4.78 is 5.86. The van der Waals surface area contributed by atoms with E-state index in [-0.39, 0.29) is 0 Å². The van der Waals surface area contributed by atoms with Gasteiger partial charge in [-0.05, 0) is 76.4 Å². The molecule has 0 radical (unpaired) electrons. The van der Waals surface area contributed by atoms with Gasteiger partial charge in [0.15, 0.2) is 0 Å². The van der Waals surface area contributed by atoms with E-state index >= 15 is 0 Å². The number of hydrogen-bond donors (Lipinski definition) is 0. The highest BCUT2D eigenvalue weighted by Crippen LogP contribution is 2.19. The Morgan fingerprint density at radius 2 is 1.89 bits per heavy atom. The van der Waals surface area contributed by atoms with Crippen molar-refractivity contribution in [3.05, 3.63) is 29.3 Å². The van der Waals surface area contributed by atoms with Crippen molar-refractivity contribution in [1.29, 1.82) is 0 Å². The maximum Gasteiger partial charge on any atom is 0.122 e. The maximum atomic E-state index is 5.86. The van der Waals surface area contributed by atoms with Crippen LogP contribution in [0.4, 0.5) is 0 Å². The molecule has 18 heavy (non-hydrogen) atoms. The second kappa shape index (κ2) is 6.79. The molecule has 2 nitrogen and oxygen atoms in total. The van der Waals surface area contributed by atoms with Gasteiger partial charge in [0.1, 0.15) is 5.75 Å². The fraction of sp³-hybridized carbons (Fsp3) is 0.625. The molecule has 0 aromatic heterocycles. The number of hydrogen-bond acceptors (Lipinski definition) is 2. The molecule has 1 aliphatic rings. The van der Waals surface area contributed by atoms with Crippen LogP contribution in [0.15, 0.2) is 18.2 Å². The maximum absolute atomic E-state index is 5.86. The Balaban J connectivity index is 1.64. The Bertz CT molecular complexity index is 369. The van der Waals surface area contributed by atoms with Crippen molar-refractivity contribution >= 4 is 0 Å². The number of nitrogens with zero attached hydrogens (tertiary/aromatic N) is 1. The van der Waals surface area contributed by atoms with Gasteiger partial charge >= 0.3 is 0 Å². The molecule has 100 valence electrons. The molecule has 0 atom stereocenters. The Morgan fingerprint density at radius 3 is 2.67 bits per heavy atom. The van der Waals surface area contributed by atoms with Gasteiger partial charge in [-0.2, -0.15) is 0 Å². The van der Waals surface area contributed by atoms with Gasteiger partial charge < -0.3 is 9.64 Å². The first-order valence-corrected chi connectivity index (χ1v) is 7.18. The van der Waals surface area contributed by atoms with Gasteiger partial charge in [0.2, 0.25) is 0 Å². The van der Waals surface area contributed by atoms with Crippen molar-refractivity contribution < 1.29 is 4.74 Å². The number of aryl methyl sites for hydroxylation is 2. The molecule has 0 spiro atoms. The van der Waals surface area contributed by atoms with Gasteiger partial charge in [-0.1, -0.05) is 12.1 Å². The van der Waals surface area contributed by atoms with Gasteiger partial charge in [-0.25, -0.2) is 0 Å². The zero-order valence-electron chi connectivity index (χ0n) is 11.7. The average molecular weight is 247 g/mol. The first-order chi connectivity index (χ1) is 8.75. The third-order valence-corrected chi connectivity index (χ3v) is 3.67. The van der Waals surface area contributed by atoms with E-state index in [4.69, 9.17) is 4.74 Å². The van der Waals surface area contributed by atoms with Crippen molar-refractivity contribution in [2.75, 3.05) is 26.2 Å². The zero-order chi connectivity index (χ0) is 12.8. The molecule has 1 saturated heterocycles. The molecule has 0 N–H and O–H groups in total. The van der Waals surface area contributed by atoms with Gasteiger partial charge in [0, 0.05) is 0 Å². The van der Waals surface area contributed by atoms with Crippen molar-refractivity contribution in [3.8, 4) is 5.75 Å². The number of benzene rings is 1. The summed E-state index contributed by atoms with van der Waals surface area (Å²) in [5, 5.41) is 0. The molecule has 0 aliphatic carbocycles. The van der Waals surface area contributed by atoms with E-state index in [2.05, 4.69) is 36.9 Å². The minimum absolute atomic E-state index is 0.845. The molecular weight excluding hydrogens is 222 g/mol. The minimum atomic E-state index is 0.845. The minimum Gasteiger partial charge on any atom is -0.493 e. The van der Waals surface area contributed by atoms with E-state index in [1.165, 1.54) is 50.0 Å². The third-order valence-electron chi connectivity index (χ3n) is 3.67. The first-order valence-electron chi connectivity index (χ1n) is 7.18. The van der Waals surface area contributed by atoms with E-state index in [1.807, 2.05) is 0 Å². The summed E-state index contributed by atoms with van der Waals surface area (Å²) in [5.41, 5.74) is 2.51. The van der Waals surface area contributed by atoms with Crippen LogP contribution in [0.25, 0.3) is 0 Å². The fourth-order valence-electron chi connectivity index (χ4n) is 2.49. The highest BCUT2D eigenvalue weighted by molar-refractivity contribution is 5.35. The average Bonchev–Trinajstić information content (AvgIpc) is 2.86. The molecule has 1 heterocycles. The molecule has 0 amide bonds. The fourth-order valence-corrected chi connectivity index (χ4v) is 2.49. The lowest BCUT2D eigenvalue weighted by Gasteiger charge is -2.14. The van der Waals surface area contributed by atoms with Gasteiger partial charge in [0.25, 0.3) is 0 Å². The second-order valence-electron chi connectivity index (χ2n) is 5.37. The second-order valence-corrected chi connectivity index (χ2v) is 5.37. The summed E-state index contributed by atoms with van der Waals surface area (Å²) >= 11 is 0. The Labute approximate surface area is 111 Å². The Hall–Kier alpha value is -1.02. The number of rotatable bonds is 6. The van der Waals surface area contributed by atoms with E-state index in [0.717, 1.165) is 18.8 Å². The molecule has 1 fully saturated rings. The zero-order valence-corrected chi connectivity index (χ0v) is 11.7. The summed E-state index contributed by atoms with van der Waals surface area (Å²) in [5.74, 6) is 1.05. The van der Waals surface area contributed by atoms with E-state index < -0.39 is 0 Å². The van der Waals surface area contributed by atoms with Crippen LogP contribution in [0, 0.1) is 13.8 Å². The van der Waals surface area contributed by atoms with Crippen LogP contribution in [-0.4, -0.2) is 31.1 Å².